The van der Waals surface area contributed by atoms with Crippen LogP contribution in [0.3, 0.4) is 0 Å². The SMILES string of the molecule is Cc1cc(N2CCC(c3nncn3C(C)C)CC2)n2nc(C(F)(F)F)nc2n1. The molecule has 0 spiro atoms. The van der Waals surface area contributed by atoms with E-state index in [-0.39, 0.29) is 17.7 Å². The summed E-state index contributed by atoms with van der Waals surface area (Å²) < 4.78 is 42.3. The number of hydrogen-bond donors (Lipinski definition) is 0. The number of hydrogen-bond acceptors (Lipinski definition) is 6. The maximum Gasteiger partial charge on any atom is 0.453 e. The van der Waals surface area contributed by atoms with E-state index in [4.69, 9.17) is 0 Å². The van der Waals surface area contributed by atoms with E-state index in [0.717, 1.165) is 18.7 Å². The molecule has 0 aromatic carbocycles. The van der Waals surface area contributed by atoms with Crippen molar-refractivity contribution in [2.24, 2.45) is 0 Å². The van der Waals surface area contributed by atoms with Crippen molar-refractivity contribution in [2.75, 3.05) is 18.0 Å². The number of alkyl halides is 3. The van der Waals surface area contributed by atoms with Crippen LogP contribution < -0.4 is 4.90 Å². The summed E-state index contributed by atoms with van der Waals surface area (Å²) in [6.07, 6.45) is -1.20. The highest BCUT2D eigenvalue weighted by Crippen LogP contribution is 2.32. The number of halogens is 3. The van der Waals surface area contributed by atoms with Gasteiger partial charge in [-0.05, 0) is 33.6 Å². The van der Waals surface area contributed by atoms with Crippen molar-refractivity contribution in [1.82, 2.24) is 34.3 Å². The first-order valence-corrected chi connectivity index (χ1v) is 9.20. The summed E-state index contributed by atoms with van der Waals surface area (Å²) in [6.45, 7) is 7.26. The van der Waals surface area contributed by atoms with E-state index < -0.39 is 12.0 Å². The van der Waals surface area contributed by atoms with Gasteiger partial charge in [-0.15, -0.1) is 15.3 Å². The van der Waals surface area contributed by atoms with Crippen molar-refractivity contribution in [2.45, 2.75) is 51.7 Å². The van der Waals surface area contributed by atoms with Crippen molar-refractivity contribution in [3.05, 3.63) is 29.7 Å². The topological polar surface area (TPSA) is 77.0 Å². The Kier molecular flexibility index (Phi) is 4.47. The summed E-state index contributed by atoms with van der Waals surface area (Å²) in [5, 5.41) is 12.0. The summed E-state index contributed by atoms with van der Waals surface area (Å²) in [4.78, 5) is 9.68. The van der Waals surface area contributed by atoms with Crippen molar-refractivity contribution in [3.63, 3.8) is 0 Å². The van der Waals surface area contributed by atoms with Gasteiger partial charge in [-0.2, -0.15) is 22.7 Å². The minimum absolute atomic E-state index is 0.0380. The Morgan fingerprint density at radius 2 is 1.86 bits per heavy atom. The lowest BCUT2D eigenvalue weighted by Crippen LogP contribution is -2.35. The third-order valence-corrected chi connectivity index (χ3v) is 5.02. The van der Waals surface area contributed by atoms with Gasteiger partial charge in [0.05, 0.1) is 0 Å². The number of aryl methyl sites for hydroxylation is 1. The molecule has 0 unspecified atom stereocenters. The van der Waals surface area contributed by atoms with Gasteiger partial charge in [0.1, 0.15) is 18.0 Å². The van der Waals surface area contributed by atoms with Crippen LogP contribution in [0.2, 0.25) is 0 Å². The predicted molar refractivity (Wildman–Crippen MR) is 95.1 cm³/mol. The highest BCUT2D eigenvalue weighted by atomic mass is 19.4. The first-order chi connectivity index (χ1) is 13.2. The van der Waals surface area contributed by atoms with Crippen LogP contribution in [-0.2, 0) is 6.18 Å². The monoisotopic (exact) mass is 394 g/mol. The molecule has 0 N–H and O–H groups in total. The maximum absolute atomic E-state index is 13.0. The zero-order valence-electron chi connectivity index (χ0n) is 15.8. The summed E-state index contributed by atoms with van der Waals surface area (Å²) >= 11 is 0. The number of nitrogens with zero attached hydrogens (tertiary/aromatic N) is 8. The van der Waals surface area contributed by atoms with Crippen LogP contribution >= 0.6 is 0 Å². The van der Waals surface area contributed by atoms with Crippen LogP contribution in [0.25, 0.3) is 5.78 Å². The first-order valence-electron chi connectivity index (χ1n) is 9.20. The van der Waals surface area contributed by atoms with Gasteiger partial charge in [-0.1, -0.05) is 0 Å². The fourth-order valence-corrected chi connectivity index (χ4v) is 3.62. The largest absolute Gasteiger partial charge is 0.453 e. The van der Waals surface area contributed by atoms with Crippen LogP contribution in [0.1, 0.15) is 56.0 Å². The average molecular weight is 394 g/mol. The Hall–Kier alpha value is -2.72. The van der Waals surface area contributed by atoms with E-state index in [9.17, 15) is 13.2 Å². The molecule has 1 saturated heterocycles. The van der Waals surface area contributed by atoms with Crippen LogP contribution in [0.5, 0.6) is 0 Å². The van der Waals surface area contributed by atoms with E-state index in [0.29, 0.717) is 24.6 Å². The minimum Gasteiger partial charge on any atom is -0.356 e. The molecule has 0 radical (unpaired) electrons. The van der Waals surface area contributed by atoms with E-state index in [2.05, 4.69) is 43.7 Å². The Labute approximate surface area is 159 Å². The third-order valence-electron chi connectivity index (χ3n) is 5.02. The minimum atomic E-state index is -4.60. The molecule has 0 bridgehead atoms. The molecule has 1 aliphatic rings. The van der Waals surface area contributed by atoms with E-state index in [1.165, 1.54) is 4.52 Å². The van der Waals surface area contributed by atoms with Gasteiger partial charge in [-0.25, -0.2) is 4.98 Å². The fraction of sp³-hybridized carbons (Fsp3) is 0.588. The Bertz CT molecular complexity index is 982. The number of aromatic nitrogens is 7. The van der Waals surface area contributed by atoms with Gasteiger partial charge in [0, 0.05) is 36.8 Å². The summed E-state index contributed by atoms with van der Waals surface area (Å²) in [5.74, 6) is 0.594. The molecular weight excluding hydrogens is 373 g/mol. The Morgan fingerprint density at radius 3 is 2.50 bits per heavy atom. The van der Waals surface area contributed by atoms with E-state index >= 15 is 0 Å². The predicted octanol–water partition coefficient (Wildman–Crippen LogP) is 3.01. The molecule has 3 aromatic rings. The van der Waals surface area contributed by atoms with Crippen molar-refractivity contribution in [1.29, 1.82) is 0 Å². The lowest BCUT2D eigenvalue weighted by Gasteiger charge is -2.33. The van der Waals surface area contributed by atoms with Crippen LogP contribution in [0.15, 0.2) is 12.4 Å². The van der Waals surface area contributed by atoms with Crippen LogP contribution in [0, 0.1) is 6.92 Å². The molecule has 3 aromatic heterocycles. The molecule has 0 atom stereocenters. The summed E-state index contributed by atoms with van der Waals surface area (Å²) in [5.41, 5.74) is 0.602. The quantitative estimate of drug-likeness (QED) is 0.680. The number of piperidine rings is 1. The van der Waals surface area contributed by atoms with Crippen molar-refractivity contribution >= 4 is 11.6 Å². The highest BCUT2D eigenvalue weighted by Gasteiger charge is 2.37. The molecule has 0 aliphatic carbocycles. The number of anilines is 1. The molecule has 8 nitrogen and oxygen atoms in total. The molecule has 150 valence electrons. The molecule has 0 saturated carbocycles. The van der Waals surface area contributed by atoms with Crippen molar-refractivity contribution in [3.8, 4) is 0 Å². The molecule has 1 aliphatic heterocycles. The standard InChI is InChI=1S/C17H21F3N8/c1-10(2)27-9-21-24-14(27)12-4-6-26(7-5-12)13-8-11(3)22-16-23-15(17(18,19)20)25-28(13)16/h8-10,12H,4-7H2,1-3H3. The molecular formula is C17H21F3N8. The molecule has 11 heteroatoms. The van der Waals surface area contributed by atoms with E-state index in [1.807, 2.05) is 4.90 Å². The zero-order valence-corrected chi connectivity index (χ0v) is 15.8. The molecule has 0 amide bonds. The lowest BCUT2D eigenvalue weighted by atomic mass is 9.95. The van der Waals surface area contributed by atoms with Gasteiger partial charge >= 0.3 is 6.18 Å². The van der Waals surface area contributed by atoms with Gasteiger partial charge in [0.15, 0.2) is 0 Å². The first kappa shape index (κ1) is 18.6. The van der Waals surface area contributed by atoms with Crippen LogP contribution in [-0.4, -0.2) is 47.4 Å². The summed E-state index contributed by atoms with van der Waals surface area (Å²) in [7, 11) is 0. The number of rotatable bonds is 3. The molecule has 28 heavy (non-hydrogen) atoms. The molecule has 4 heterocycles. The molecule has 1 fully saturated rings. The highest BCUT2D eigenvalue weighted by molar-refractivity contribution is 5.48. The van der Waals surface area contributed by atoms with Gasteiger partial charge < -0.3 is 9.47 Å². The van der Waals surface area contributed by atoms with Crippen molar-refractivity contribution < 1.29 is 13.2 Å². The van der Waals surface area contributed by atoms with Crippen LogP contribution in [0.4, 0.5) is 19.0 Å². The second-order valence-corrected chi connectivity index (χ2v) is 7.35. The number of fused-ring (bicyclic) bond motifs is 1. The lowest BCUT2D eigenvalue weighted by molar-refractivity contribution is -0.144. The normalized spacial score (nSPS) is 16.5. The van der Waals surface area contributed by atoms with Gasteiger partial charge in [0.25, 0.3) is 11.6 Å². The Balaban J connectivity index is 1.60. The average Bonchev–Trinajstić information content (AvgIpc) is 3.27. The smallest absolute Gasteiger partial charge is 0.356 e. The summed E-state index contributed by atoms with van der Waals surface area (Å²) in [6, 6.07) is 2.03. The Morgan fingerprint density at radius 1 is 1.14 bits per heavy atom. The maximum atomic E-state index is 13.0. The fourth-order valence-electron chi connectivity index (χ4n) is 3.62. The third kappa shape index (κ3) is 3.29. The second-order valence-electron chi connectivity index (χ2n) is 7.35. The van der Waals surface area contributed by atoms with Gasteiger partial charge in [-0.3, -0.25) is 0 Å². The van der Waals surface area contributed by atoms with E-state index in [1.54, 1.807) is 19.3 Å². The molecule has 4 rings (SSSR count). The second kappa shape index (κ2) is 6.71. The zero-order chi connectivity index (χ0) is 20.1. The van der Waals surface area contributed by atoms with Gasteiger partial charge in [0.2, 0.25) is 0 Å².